The molecule has 1 aromatic heterocycles. The number of nitrogens with two attached hydrogens (primary N) is 1. The molecule has 0 aliphatic rings. The molecule has 1 heterocycles. The second-order valence-corrected chi connectivity index (χ2v) is 6.48. The van der Waals surface area contributed by atoms with Gasteiger partial charge >= 0.3 is 0 Å². The summed E-state index contributed by atoms with van der Waals surface area (Å²) in [6, 6.07) is 9.24. The van der Waals surface area contributed by atoms with Crippen LogP contribution in [0.3, 0.4) is 0 Å². The number of benzene rings is 1. The topological polar surface area (TPSA) is 43.1 Å². The summed E-state index contributed by atoms with van der Waals surface area (Å²) in [5.74, 6) is 0.550. The largest absolute Gasteiger partial charge is 0.398 e. The second kappa shape index (κ2) is 5.67. The molecule has 0 amide bonds. The molecule has 5 heteroatoms. The van der Waals surface area contributed by atoms with Gasteiger partial charge in [-0.15, -0.1) is 11.3 Å². The van der Waals surface area contributed by atoms with Crippen LogP contribution in [0.5, 0.6) is 0 Å². The fourth-order valence-corrected chi connectivity index (χ4v) is 4.02. The lowest BCUT2D eigenvalue weighted by molar-refractivity contribution is 0.683. The van der Waals surface area contributed by atoms with Crippen LogP contribution in [0.2, 0.25) is 5.02 Å². The zero-order chi connectivity index (χ0) is 12.3. The molecule has 2 aromatic rings. The predicted molar refractivity (Wildman–Crippen MR) is 75.2 cm³/mol. The van der Waals surface area contributed by atoms with Crippen LogP contribution in [0.4, 0.5) is 5.69 Å². The van der Waals surface area contributed by atoms with E-state index in [0.717, 1.165) is 6.42 Å². The van der Waals surface area contributed by atoms with E-state index in [1.54, 1.807) is 29.5 Å². The normalized spacial score (nSPS) is 12.5. The Balaban J connectivity index is 2.10. The minimum atomic E-state index is -1.14. The first kappa shape index (κ1) is 12.6. The van der Waals surface area contributed by atoms with Crippen LogP contribution in [0.25, 0.3) is 0 Å². The van der Waals surface area contributed by atoms with Gasteiger partial charge in [0.15, 0.2) is 0 Å². The van der Waals surface area contributed by atoms with Gasteiger partial charge in [0.1, 0.15) is 0 Å². The van der Waals surface area contributed by atoms with Crippen molar-refractivity contribution in [3.8, 4) is 0 Å². The third-order valence-corrected chi connectivity index (χ3v) is 5.19. The third kappa shape index (κ3) is 3.09. The van der Waals surface area contributed by atoms with Gasteiger partial charge in [-0.3, -0.25) is 4.21 Å². The molecule has 90 valence electrons. The molecule has 0 aliphatic carbocycles. The number of nitrogen functional groups attached to an aromatic ring is 1. The van der Waals surface area contributed by atoms with Crippen LogP contribution in [0, 0.1) is 0 Å². The van der Waals surface area contributed by atoms with Crippen LogP contribution in [-0.2, 0) is 17.2 Å². The van der Waals surface area contributed by atoms with Crippen LogP contribution < -0.4 is 5.73 Å². The second-order valence-electron chi connectivity index (χ2n) is 3.54. The van der Waals surface area contributed by atoms with Gasteiger partial charge in [-0.05, 0) is 30.0 Å². The Morgan fingerprint density at radius 2 is 2.12 bits per heavy atom. The summed E-state index contributed by atoms with van der Waals surface area (Å²) in [5.41, 5.74) is 6.30. The van der Waals surface area contributed by atoms with E-state index in [-0.39, 0.29) is 0 Å². The maximum atomic E-state index is 12.1. The molecule has 1 unspecified atom stereocenters. The molecule has 0 radical (unpaired) electrons. The van der Waals surface area contributed by atoms with Gasteiger partial charge in [-0.2, -0.15) is 0 Å². The fourth-order valence-electron chi connectivity index (χ4n) is 1.52. The van der Waals surface area contributed by atoms with Crippen molar-refractivity contribution in [2.45, 2.75) is 11.3 Å². The number of halogens is 1. The fraction of sp³-hybridized carbons (Fsp3) is 0.167. The van der Waals surface area contributed by atoms with E-state index in [4.69, 9.17) is 17.3 Å². The summed E-state index contributed by atoms with van der Waals surface area (Å²) in [6.07, 6.45) is 0.787. The Hall–Kier alpha value is -0.840. The van der Waals surface area contributed by atoms with Crippen LogP contribution in [0.15, 0.2) is 40.6 Å². The van der Waals surface area contributed by atoms with Crippen molar-refractivity contribution in [3.05, 3.63) is 45.6 Å². The summed E-state index contributed by atoms with van der Waals surface area (Å²) in [6.45, 7) is 0. The van der Waals surface area contributed by atoms with Crippen molar-refractivity contribution < 1.29 is 4.21 Å². The van der Waals surface area contributed by atoms with Gasteiger partial charge < -0.3 is 5.73 Å². The van der Waals surface area contributed by atoms with Crippen molar-refractivity contribution in [2.24, 2.45) is 0 Å². The first-order chi connectivity index (χ1) is 8.18. The SMILES string of the molecule is Nc1cccc(Cl)c1S(=O)CCc1cccs1. The number of anilines is 1. The smallest absolute Gasteiger partial charge is 0.0803 e. The molecule has 2 rings (SSSR count). The van der Waals surface area contributed by atoms with Gasteiger partial charge in [0.25, 0.3) is 0 Å². The van der Waals surface area contributed by atoms with Gasteiger partial charge in [0.05, 0.1) is 20.7 Å². The highest BCUT2D eigenvalue weighted by atomic mass is 35.5. The van der Waals surface area contributed by atoms with Gasteiger partial charge in [-0.25, -0.2) is 0 Å². The first-order valence-electron chi connectivity index (χ1n) is 5.13. The molecule has 2 nitrogen and oxygen atoms in total. The number of thiophene rings is 1. The zero-order valence-electron chi connectivity index (χ0n) is 9.06. The minimum absolute atomic E-state index is 0.481. The van der Waals surface area contributed by atoms with Crippen LogP contribution in [-0.4, -0.2) is 9.96 Å². The molecular weight excluding hydrogens is 274 g/mol. The molecule has 0 fully saturated rings. The van der Waals surface area contributed by atoms with Gasteiger partial charge in [-0.1, -0.05) is 23.7 Å². The molecule has 0 saturated heterocycles. The Bertz CT molecular complexity index is 505. The highest BCUT2D eigenvalue weighted by molar-refractivity contribution is 7.85. The Morgan fingerprint density at radius 3 is 2.76 bits per heavy atom. The average Bonchev–Trinajstić information content (AvgIpc) is 2.79. The maximum absolute atomic E-state index is 12.1. The molecule has 1 aromatic carbocycles. The summed E-state index contributed by atoms with van der Waals surface area (Å²) in [4.78, 5) is 1.79. The van der Waals surface area contributed by atoms with E-state index in [9.17, 15) is 4.21 Å². The molecule has 2 N–H and O–H groups in total. The van der Waals surface area contributed by atoms with Crippen molar-refractivity contribution in [2.75, 3.05) is 11.5 Å². The summed E-state index contributed by atoms with van der Waals surface area (Å²) in [7, 11) is -1.14. The van der Waals surface area contributed by atoms with Crippen LogP contribution in [0.1, 0.15) is 4.88 Å². The molecule has 0 spiro atoms. The first-order valence-corrected chi connectivity index (χ1v) is 7.71. The zero-order valence-corrected chi connectivity index (χ0v) is 11.4. The third-order valence-electron chi connectivity index (χ3n) is 2.34. The molecular formula is C12H12ClNOS2. The average molecular weight is 286 g/mol. The Morgan fingerprint density at radius 1 is 1.29 bits per heavy atom. The lowest BCUT2D eigenvalue weighted by atomic mass is 10.3. The van der Waals surface area contributed by atoms with E-state index < -0.39 is 10.8 Å². The number of hydrogen-bond donors (Lipinski definition) is 1. The van der Waals surface area contributed by atoms with Crippen LogP contribution >= 0.6 is 22.9 Å². The Labute approximate surface area is 112 Å². The highest BCUT2D eigenvalue weighted by Gasteiger charge is 2.12. The highest BCUT2D eigenvalue weighted by Crippen LogP contribution is 2.26. The number of hydrogen-bond acceptors (Lipinski definition) is 3. The summed E-state index contributed by atoms with van der Waals surface area (Å²) in [5, 5.41) is 2.50. The molecule has 0 bridgehead atoms. The van der Waals surface area contributed by atoms with E-state index in [2.05, 4.69) is 0 Å². The minimum Gasteiger partial charge on any atom is -0.398 e. The van der Waals surface area contributed by atoms with E-state index >= 15 is 0 Å². The maximum Gasteiger partial charge on any atom is 0.0803 e. The monoisotopic (exact) mass is 285 g/mol. The molecule has 17 heavy (non-hydrogen) atoms. The van der Waals surface area contributed by atoms with Crippen molar-refractivity contribution in [1.82, 2.24) is 0 Å². The molecule has 0 saturated carbocycles. The lowest BCUT2D eigenvalue weighted by Crippen LogP contribution is -2.04. The van der Waals surface area contributed by atoms with Gasteiger partial charge in [0.2, 0.25) is 0 Å². The number of rotatable bonds is 4. The quantitative estimate of drug-likeness (QED) is 0.876. The van der Waals surface area contributed by atoms with E-state index in [1.807, 2.05) is 17.5 Å². The van der Waals surface area contributed by atoms with Crippen molar-refractivity contribution in [3.63, 3.8) is 0 Å². The molecule has 1 atom stereocenters. The van der Waals surface area contributed by atoms with Crippen molar-refractivity contribution in [1.29, 1.82) is 0 Å². The predicted octanol–water partition coefficient (Wildman–Crippen LogP) is 3.33. The number of aryl methyl sites for hydroxylation is 1. The standard InChI is InChI=1S/C12H12ClNOS2/c13-10-4-1-5-11(14)12(10)17(15)8-6-9-3-2-7-16-9/h1-5,7H,6,8,14H2. The summed E-state index contributed by atoms with van der Waals surface area (Å²) < 4.78 is 12.1. The summed E-state index contributed by atoms with van der Waals surface area (Å²) >= 11 is 7.68. The molecule has 0 aliphatic heterocycles. The van der Waals surface area contributed by atoms with E-state index in [1.165, 1.54) is 4.88 Å². The Kier molecular flexibility index (Phi) is 4.20. The van der Waals surface area contributed by atoms with E-state index in [0.29, 0.717) is 21.4 Å². The van der Waals surface area contributed by atoms with Gasteiger partial charge in [0, 0.05) is 16.3 Å². The van der Waals surface area contributed by atoms with Crippen molar-refractivity contribution >= 4 is 39.4 Å². The lowest BCUT2D eigenvalue weighted by Gasteiger charge is -2.07.